The lowest BCUT2D eigenvalue weighted by Crippen LogP contribution is -2.33. The van der Waals surface area contributed by atoms with E-state index in [2.05, 4.69) is 75.3 Å². The Morgan fingerprint density at radius 2 is 2.04 bits per heavy atom. The highest BCUT2D eigenvalue weighted by molar-refractivity contribution is 14.1. The van der Waals surface area contributed by atoms with Crippen molar-refractivity contribution in [1.82, 2.24) is 10.2 Å². The Morgan fingerprint density at radius 3 is 2.83 bits per heavy atom. The van der Waals surface area contributed by atoms with Crippen LogP contribution < -0.4 is 10.1 Å². The van der Waals surface area contributed by atoms with E-state index < -0.39 is 0 Å². The lowest BCUT2D eigenvalue weighted by atomic mass is 10.1. The van der Waals surface area contributed by atoms with Crippen LogP contribution in [0.5, 0.6) is 5.75 Å². The van der Waals surface area contributed by atoms with Crippen molar-refractivity contribution in [2.75, 3.05) is 26.7 Å². The topological polar surface area (TPSA) is 24.5 Å². The lowest BCUT2D eigenvalue weighted by Gasteiger charge is -2.17. The van der Waals surface area contributed by atoms with E-state index in [1.807, 2.05) is 6.07 Å². The number of likely N-dealkylation sites (tertiary alicyclic amines) is 1. The molecule has 2 aromatic rings. The highest BCUT2D eigenvalue weighted by Crippen LogP contribution is 2.20. The van der Waals surface area contributed by atoms with Crippen LogP contribution in [0, 0.1) is 3.57 Å². The van der Waals surface area contributed by atoms with Gasteiger partial charge >= 0.3 is 0 Å². The summed E-state index contributed by atoms with van der Waals surface area (Å²) in [5, 5.41) is 3.72. The van der Waals surface area contributed by atoms with Crippen LogP contribution in [0.3, 0.4) is 0 Å². The summed E-state index contributed by atoms with van der Waals surface area (Å²) in [7, 11) is 1.73. The molecule has 1 heterocycles. The van der Waals surface area contributed by atoms with Crippen LogP contribution in [0.1, 0.15) is 17.5 Å². The molecule has 1 aliphatic rings. The Kier molecular flexibility index (Phi) is 6.51. The van der Waals surface area contributed by atoms with Gasteiger partial charge in [0.05, 0.1) is 7.11 Å². The zero-order chi connectivity index (χ0) is 16.8. The van der Waals surface area contributed by atoms with Crippen LogP contribution in [-0.2, 0) is 13.0 Å². The SMILES string of the molecule is COc1ccc(I)c(CCN[C@@H]2CCN(Cc3ccccc3)C2)c1. The molecule has 1 fully saturated rings. The van der Waals surface area contributed by atoms with Crippen molar-refractivity contribution in [3.8, 4) is 5.75 Å². The molecule has 1 saturated heterocycles. The zero-order valence-electron chi connectivity index (χ0n) is 14.2. The summed E-state index contributed by atoms with van der Waals surface area (Å²) >= 11 is 2.41. The molecule has 0 bridgehead atoms. The van der Waals surface area contributed by atoms with Crippen LogP contribution in [0.15, 0.2) is 48.5 Å². The minimum Gasteiger partial charge on any atom is -0.497 e. The maximum absolute atomic E-state index is 5.33. The Balaban J connectivity index is 1.43. The van der Waals surface area contributed by atoms with Crippen molar-refractivity contribution in [2.24, 2.45) is 0 Å². The smallest absolute Gasteiger partial charge is 0.119 e. The first-order valence-electron chi connectivity index (χ1n) is 8.56. The van der Waals surface area contributed by atoms with E-state index in [1.165, 1.54) is 27.7 Å². The van der Waals surface area contributed by atoms with Crippen LogP contribution in [0.4, 0.5) is 0 Å². The summed E-state index contributed by atoms with van der Waals surface area (Å²) in [6, 6.07) is 17.7. The largest absolute Gasteiger partial charge is 0.497 e. The van der Waals surface area contributed by atoms with E-state index in [0.29, 0.717) is 6.04 Å². The number of nitrogens with one attached hydrogen (secondary N) is 1. The van der Waals surface area contributed by atoms with E-state index in [9.17, 15) is 0 Å². The molecule has 0 saturated carbocycles. The second kappa shape index (κ2) is 8.83. The fourth-order valence-corrected chi connectivity index (χ4v) is 3.87. The second-order valence-corrected chi connectivity index (χ2v) is 7.53. The standard InChI is InChI=1S/C20H25IN2O/c1-24-19-7-8-20(21)17(13-19)9-11-22-18-10-12-23(15-18)14-16-5-3-2-4-6-16/h2-8,13,18,22H,9-12,14-15H2,1H3/t18-/m1/s1. The van der Waals surface area contributed by atoms with Gasteiger partial charge in [-0.2, -0.15) is 0 Å². The van der Waals surface area contributed by atoms with Crippen molar-refractivity contribution in [2.45, 2.75) is 25.4 Å². The van der Waals surface area contributed by atoms with E-state index in [-0.39, 0.29) is 0 Å². The molecule has 128 valence electrons. The van der Waals surface area contributed by atoms with Crippen LogP contribution in [0.25, 0.3) is 0 Å². The Bertz CT molecular complexity index is 647. The first kappa shape index (κ1) is 17.7. The second-order valence-electron chi connectivity index (χ2n) is 6.37. The number of nitrogens with zero attached hydrogens (tertiary/aromatic N) is 1. The monoisotopic (exact) mass is 436 g/mol. The molecular weight excluding hydrogens is 411 g/mol. The lowest BCUT2D eigenvalue weighted by molar-refractivity contribution is 0.320. The number of hydrogen-bond acceptors (Lipinski definition) is 3. The summed E-state index contributed by atoms with van der Waals surface area (Å²) in [5.41, 5.74) is 2.77. The number of benzene rings is 2. The van der Waals surface area contributed by atoms with Gasteiger partial charge in [-0.15, -0.1) is 0 Å². The normalized spacial score (nSPS) is 18.0. The van der Waals surface area contributed by atoms with Crippen LogP contribution >= 0.6 is 22.6 Å². The predicted octanol–water partition coefficient (Wildman–Crippen LogP) is 3.71. The average Bonchev–Trinajstić information content (AvgIpc) is 3.05. The molecule has 0 amide bonds. The van der Waals surface area contributed by atoms with Crippen molar-refractivity contribution in [3.05, 3.63) is 63.2 Å². The fourth-order valence-electron chi connectivity index (χ4n) is 3.27. The van der Waals surface area contributed by atoms with Crippen LogP contribution in [0.2, 0.25) is 0 Å². The number of hydrogen-bond donors (Lipinski definition) is 1. The molecule has 3 rings (SSSR count). The Labute approximate surface area is 158 Å². The van der Waals surface area contributed by atoms with Gasteiger partial charge in [-0.05, 0) is 71.3 Å². The molecule has 0 aliphatic carbocycles. The summed E-state index contributed by atoms with van der Waals surface area (Å²) in [5.74, 6) is 0.945. The van der Waals surface area contributed by atoms with Crippen molar-refractivity contribution in [1.29, 1.82) is 0 Å². The molecule has 0 spiro atoms. The molecule has 4 heteroatoms. The quantitative estimate of drug-likeness (QED) is 0.670. The summed E-state index contributed by atoms with van der Waals surface area (Å²) in [4.78, 5) is 2.54. The average molecular weight is 436 g/mol. The van der Waals surface area contributed by atoms with Gasteiger partial charge < -0.3 is 10.1 Å². The summed E-state index contributed by atoms with van der Waals surface area (Å²) < 4.78 is 6.64. The molecule has 1 atom stereocenters. The maximum Gasteiger partial charge on any atom is 0.119 e. The van der Waals surface area contributed by atoms with Crippen LogP contribution in [-0.4, -0.2) is 37.7 Å². The molecule has 1 aliphatic heterocycles. The Hall–Kier alpha value is -1.11. The molecule has 3 nitrogen and oxygen atoms in total. The van der Waals surface area contributed by atoms with Gasteiger partial charge in [0.15, 0.2) is 0 Å². The number of rotatable bonds is 7. The van der Waals surface area contributed by atoms with E-state index in [0.717, 1.165) is 31.8 Å². The third kappa shape index (κ3) is 4.94. The van der Waals surface area contributed by atoms with Crippen molar-refractivity contribution < 1.29 is 4.74 Å². The van der Waals surface area contributed by atoms with Gasteiger partial charge in [0, 0.05) is 29.2 Å². The van der Waals surface area contributed by atoms with Gasteiger partial charge in [0.1, 0.15) is 5.75 Å². The van der Waals surface area contributed by atoms with Crippen molar-refractivity contribution in [3.63, 3.8) is 0 Å². The molecule has 2 aromatic carbocycles. The summed E-state index contributed by atoms with van der Waals surface area (Å²) in [6.07, 6.45) is 2.28. The zero-order valence-corrected chi connectivity index (χ0v) is 16.3. The Morgan fingerprint density at radius 1 is 1.21 bits per heavy atom. The van der Waals surface area contributed by atoms with Crippen molar-refractivity contribution >= 4 is 22.6 Å². The van der Waals surface area contributed by atoms with Gasteiger partial charge in [-0.25, -0.2) is 0 Å². The molecule has 0 unspecified atom stereocenters. The van der Waals surface area contributed by atoms with E-state index in [4.69, 9.17) is 4.74 Å². The first-order valence-corrected chi connectivity index (χ1v) is 9.64. The van der Waals surface area contributed by atoms with Gasteiger partial charge in [0.25, 0.3) is 0 Å². The highest BCUT2D eigenvalue weighted by Gasteiger charge is 2.21. The molecule has 0 radical (unpaired) electrons. The van der Waals surface area contributed by atoms with E-state index >= 15 is 0 Å². The number of methoxy groups -OCH3 is 1. The van der Waals surface area contributed by atoms with E-state index in [1.54, 1.807) is 7.11 Å². The fraction of sp³-hybridized carbons (Fsp3) is 0.400. The minimum absolute atomic E-state index is 0.608. The highest BCUT2D eigenvalue weighted by atomic mass is 127. The third-order valence-electron chi connectivity index (χ3n) is 4.60. The molecule has 1 N–H and O–H groups in total. The maximum atomic E-state index is 5.33. The summed E-state index contributed by atoms with van der Waals surface area (Å²) in [6.45, 7) is 4.41. The number of ether oxygens (including phenoxy) is 1. The van der Waals surface area contributed by atoms with Gasteiger partial charge in [-0.3, -0.25) is 4.90 Å². The van der Waals surface area contributed by atoms with Gasteiger partial charge in [-0.1, -0.05) is 30.3 Å². The molecule has 24 heavy (non-hydrogen) atoms. The minimum atomic E-state index is 0.608. The predicted molar refractivity (Wildman–Crippen MR) is 108 cm³/mol. The molecular formula is C20H25IN2O. The molecule has 0 aromatic heterocycles. The third-order valence-corrected chi connectivity index (χ3v) is 5.65. The van der Waals surface area contributed by atoms with Gasteiger partial charge in [0.2, 0.25) is 0 Å². The number of halogens is 1. The first-order chi connectivity index (χ1) is 11.7.